The van der Waals surface area contributed by atoms with Gasteiger partial charge in [-0.15, -0.1) is 0 Å². The lowest BCUT2D eigenvalue weighted by atomic mass is 9.85. The Morgan fingerprint density at radius 2 is 1.85 bits per heavy atom. The fourth-order valence-electron chi connectivity index (χ4n) is 3.03. The number of carbonyl (C=O) groups excluding carboxylic acids is 1. The first-order chi connectivity index (χ1) is 9.47. The van der Waals surface area contributed by atoms with Crippen LogP contribution in [0.4, 0.5) is 0 Å². The summed E-state index contributed by atoms with van der Waals surface area (Å²) in [6.07, 6.45) is 3.94. The third kappa shape index (κ3) is 3.60. The normalized spacial score (nSPS) is 24.4. The monoisotopic (exact) mass is 274 g/mol. The summed E-state index contributed by atoms with van der Waals surface area (Å²) in [7, 11) is 0. The van der Waals surface area contributed by atoms with E-state index < -0.39 is 0 Å². The highest BCUT2D eigenvalue weighted by Crippen LogP contribution is 2.26. The van der Waals surface area contributed by atoms with E-state index in [1.807, 2.05) is 0 Å². The largest absolute Gasteiger partial charge is 0.369 e. The van der Waals surface area contributed by atoms with Gasteiger partial charge in [-0.05, 0) is 63.1 Å². The summed E-state index contributed by atoms with van der Waals surface area (Å²) in [5.41, 5.74) is 9.39. The SMILES string of the molecule is Cc1ccc(C(C)NC2CCC(C(N)=O)CC2)cc1C. The molecule has 0 saturated heterocycles. The third-order valence-corrected chi connectivity index (χ3v) is 4.65. The Bertz CT molecular complexity index is 476. The van der Waals surface area contributed by atoms with Crippen LogP contribution < -0.4 is 11.1 Å². The summed E-state index contributed by atoms with van der Waals surface area (Å²) in [4.78, 5) is 11.2. The third-order valence-electron chi connectivity index (χ3n) is 4.65. The highest BCUT2D eigenvalue weighted by molar-refractivity contribution is 5.76. The molecular formula is C17H26N2O. The van der Waals surface area contributed by atoms with Crippen molar-refractivity contribution in [2.45, 2.75) is 58.5 Å². The van der Waals surface area contributed by atoms with Gasteiger partial charge in [-0.25, -0.2) is 0 Å². The number of hydrogen-bond donors (Lipinski definition) is 2. The van der Waals surface area contributed by atoms with Gasteiger partial charge in [0, 0.05) is 18.0 Å². The van der Waals surface area contributed by atoms with Crippen molar-refractivity contribution >= 4 is 5.91 Å². The average molecular weight is 274 g/mol. The molecule has 0 bridgehead atoms. The van der Waals surface area contributed by atoms with Gasteiger partial charge >= 0.3 is 0 Å². The van der Waals surface area contributed by atoms with Crippen LogP contribution >= 0.6 is 0 Å². The molecule has 0 radical (unpaired) electrons. The molecule has 1 aliphatic carbocycles. The van der Waals surface area contributed by atoms with Gasteiger partial charge in [-0.2, -0.15) is 0 Å². The molecule has 20 heavy (non-hydrogen) atoms. The van der Waals surface area contributed by atoms with Gasteiger partial charge < -0.3 is 11.1 Å². The van der Waals surface area contributed by atoms with Crippen LogP contribution in [0.15, 0.2) is 18.2 Å². The molecule has 3 nitrogen and oxygen atoms in total. The average Bonchev–Trinajstić information content (AvgIpc) is 2.42. The smallest absolute Gasteiger partial charge is 0.220 e. The number of amides is 1. The van der Waals surface area contributed by atoms with Crippen LogP contribution in [0.5, 0.6) is 0 Å². The summed E-state index contributed by atoms with van der Waals surface area (Å²) < 4.78 is 0. The van der Waals surface area contributed by atoms with E-state index in [0.29, 0.717) is 12.1 Å². The Morgan fingerprint density at radius 3 is 2.40 bits per heavy atom. The number of primary amides is 1. The minimum Gasteiger partial charge on any atom is -0.369 e. The van der Waals surface area contributed by atoms with Crippen molar-refractivity contribution in [2.75, 3.05) is 0 Å². The number of nitrogens with two attached hydrogens (primary N) is 1. The number of carbonyl (C=O) groups is 1. The van der Waals surface area contributed by atoms with Crippen molar-refractivity contribution in [3.05, 3.63) is 34.9 Å². The Labute approximate surface area is 121 Å². The maximum Gasteiger partial charge on any atom is 0.220 e. The van der Waals surface area contributed by atoms with Gasteiger partial charge in [0.15, 0.2) is 0 Å². The molecule has 3 heteroatoms. The maximum absolute atomic E-state index is 11.2. The van der Waals surface area contributed by atoms with Gasteiger partial charge in [0.2, 0.25) is 5.91 Å². The Kier molecular flexibility index (Phi) is 4.81. The van der Waals surface area contributed by atoms with Crippen molar-refractivity contribution in [3.8, 4) is 0 Å². The molecular weight excluding hydrogens is 248 g/mol. The van der Waals surface area contributed by atoms with Gasteiger partial charge in [0.25, 0.3) is 0 Å². The first-order valence-electron chi connectivity index (χ1n) is 7.60. The van der Waals surface area contributed by atoms with Gasteiger partial charge in [0.05, 0.1) is 0 Å². The van der Waals surface area contributed by atoms with E-state index in [2.05, 4.69) is 44.3 Å². The van der Waals surface area contributed by atoms with E-state index in [0.717, 1.165) is 25.7 Å². The summed E-state index contributed by atoms with van der Waals surface area (Å²) in [6.45, 7) is 6.51. The second-order valence-corrected chi connectivity index (χ2v) is 6.18. The van der Waals surface area contributed by atoms with Crippen LogP contribution in [-0.2, 0) is 4.79 Å². The van der Waals surface area contributed by atoms with Crippen molar-refractivity contribution in [1.29, 1.82) is 0 Å². The predicted molar refractivity (Wildman–Crippen MR) is 82.4 cm³/mol. The molecule has 1 aromatic carbocycles. The van der Waals surface area contributed by atoms with E-state index >= 15 is 0 Å². The van der Waals surface area contributed by atoms with E-state index in [1.54, 1.807) is 0 Å². The van der Waals surface area contributed by atoms with Crippen LogP contribution in [0.2, 0.25) is 0 Å². The standard InChI is InChI=1S/C17H26N2O/c1-11-4-5-15(10-12(11)2)13(3)19-16-8-6-14(7-9-16)17(18)20/h4-5,10,13-14,16,19H,6-9H2,1-3H3,(H2,18,20). The zero-order chi connectivity index (χ0) is 14.7. The molecule has 1 unspecified atom stereocenters. The lowest BCUT2D eigenvalue weighted by Crippen LogP contribution is -2.37. The molecule has 2 rings (SSSR count). The van der Waals surface area contributed by atoms with E-state index in [4.69, 9.17) is 5.73 Å². The minimum absolute atomic E-state index is 0.0879. The number of rotatable bonds is 4. The van der Waals surface area contributed by atoms with Crippen LogP contribution in [0, 0.1) is 19.8 Å². The Morgan fingerprint density at radius 1 is 1.20 bits per heavy atom. The van der Waals surface area contributed by atoms with Crippen LogP contribution in [0.1, 0.15) is 55.3 Å². The van der Waals surface area contributed by atoms with E-state index in [-0.39, 0.29) is 11.8 Å². The topological polar surface area (TPSA) is 55.1 Å². The summed E-state index contributed by atoms with van der Waals surface area (Å²) >= 11 is 0. The number of benzene rings is 1. The molecule has 0 aromatic heterocycles. The zero-order valence-electron chi connectivity index (χ0n) is 12.8. The summed E-state index contributed by atoms with van der Waals surface area (Å²) in [6, 6.07) is 7.51. The van der Waals surface area contributed by atoms with Crippen molar-refractivity contribution in [2.24, 2.45) is 11.7 Å². The predicted octanol–water partition coefficient (Wildman–Crippen LogP) is 3.00. The molecule has 0 spiro atoms. The first kappa shape index (κ1) is 15.0. The molecule has 0 heterocycles. The van der Waals surface area contributed by atoms with Crippen molar-refractivity contribution in [1.82, 2.24) is 5.32 Å². The maximum atomic E-state index is 11.2. The number of nitrogens with one attached hydrogen (secondary N) is 1. The number of aryl methyl sites for hydroxylation is 2. The first-order valence-corrected chi connectivity index (χ1v) is 7.60. The highest BCUT2D eigenvalue weighted by atomic mass is 16.1. The molecule has 1 amide bonds. The van der Waals surface area contributed by atoms with E-state index in [9.17, 15) is 4.79 Å². The second-order valence-electron chi connectivity index (χ2n) is 6.18. The molecule has 0 aliphatic heterocycles. The number of hydrogen-bond acceptors (Lipinski definition) is 2. The summed E-state index contributed by atoms with van der Waals surface area (Å²) in [5.74, 6) is -0.0457. The summed E-state index contributed by atoms with van der Waals surface area (Å²) in [5, 5.41) is 3.69. The lowest BCUT2D eigenvalue weighted by Gasteiger charge is -2.30. The van der Waals surface area contributed by atoms with Gasteiger partial charge in [-0.1, -0.05) is 18.2 Å². The van der Waals surface area contributed by atoms with Gasteiger partial charge in [0.1, 0.15) is 0 Å². The van der Waals surface area contributed by atoms with Crippen molar-refractivity contribution < 1.29 is 4.79 Å². The van der Waals surface area contributed by atoms with E-state index in [1.165, 1.54) is 16.7 Å². The quantitative estimate of drug-likeness (QED) is 0.886. The van der Waals surface area contributed by atoms with Crippen LogP contribution in [0.3, 0.4) is 0 Å². The van der Waals surface area contributed by atoms with Gasteiger partial charge in [-0.3, -0.25) is 4.79 Å². The molecule has 1 fully saturated rings. The van der Waals surface area contributed by atoms with Crippen LogP contribution in [0.25, 0.3) is 0 Å². The highest BCUT2D eigenvalue weighted by Gasteiger charge is 2.25. The Hall–Kier alpha value is -1.35. The molecule has 1 saturated carbocycles. The second kappa shape index (κ2) is 6.40. The van der Waals surface area contributed by atoms with Crippen molar-refractivity contribution in [3.63, 3.8) is 0 Å². The minimum atomic E-state index is -0.134. The van der Waals surface area contributed by atoms with Crippen LogP contribution in [-0.4, -0.2) is 11.9 Å². The molecule has 1 aliphatic rings. The Balaban J connectivity index is 1.90. The zero-order valence-corrected chi connectivity index (χ0v) is 12.8. The molecule has 110 valence electrons. The molecule has 1 aromatic rings. The fourth-order valence-corrected chi connectivity index (χ4v) is 3.03. The lowest BCUT2D eigenvalue weighted by molar-refractivity contribution is -0.122. The molecule has 3 N–H and O–H groups in total. The fraction of sp³-hybridized carbons (Fsp3) is 0.588. The molecule has 1 atom stereocenters.